The highest BCUT2D eigenvalue weighted by atomic mass is 19.4. The number of methoxy groups -OCH3 is 1. The predicted molar refractivity (Wildman–Crippen MR) is 98.3 cm³/mol. The first-order valence-corrected chi connectivity index (χ1v) is 8.84. The Morgan fingerprint density at radius 2 is 1.86 bits per heavy atom. The Bertz CT molecular complexity index is 1010. The van der Waals surface area contributed by atoms with Gasteiger partial charge in [-0.3, -0.25) is 4.79 Å². The van der Waals surface area contributed by atoms with E-state index in [0.29, 0.717) is 18.6 Å². The summed E-state index contributed by atoms with van der Waals surface area (Å²) in [6.07, 6.45) is -0.657. The second kappa shape index (κ2) is 7.89. The van der Waals surface area contributed by atoms with E-state index in [1.165, 1.54) is 13.2 Å². The minimum atomic E-state index is -4.85. The van der Waals surface area contributed by atoms with Crippen molar-refractivity contribution in [1.82, 2.24) is 4.68 Å². The number of ether oxygens (including phenoxy) is 1. The average Bonchev–Trinajstić information content (AvgIpc) is 2.69. The van der Waals surface area contributed by atoms with Crippen LogP contribution in [0.25, 0.3) is 11.3 Å². The molecule has 1 aliphatic carbocycles. The Morgan fingerprint density at radius 1 is 1.18 bits per heavy atom. The first kappa shape index (κ1) is 19.7. The molecule has 0 atom stereocenters. The van der Waals surface area contributed by atoms with Crippen LogP contribution in [-0.4, -0.2) is 17.5 Å². The van der Waals surface area contributed by atoms with Crippen LogP contribution in [0.5, 0.6) is 5.75 Å². The topological polar surface area (TPSA) is 67.4 Å². The third-order valence-corrected chi connectivity index (χ3v) is 4.66. The molecule has 0 radical (unpaired) electrons. The molecule has 0 aliphatic heterocycles. The lowest BCUT2D eigenvalue weighted by molar-refractivity contribution is -0.137. The zero-order chi connectivity index (χ0) is 20.3. The molecule has 5 nitrogen and oxygen atoms in total. The molecular weight excluding hydrogens is 371 g/mol. The van der Waals surface area contributed by atoms with Gasteiger partial charge in [0.25, 0.3) is 5.56 Å². The van der Waals surface area contributed by atoms with E-state index < -0.39 is 22.9 Å². The van der Waals surface area contributed by atoms with Gasteiger partial charge < -0.3 is 4.74 Å². The highest BCUT2D eigenvalue weighted by Gasteiger charge is 2.37. The lowest BCUT2D eigenvalue weighted by Crippen LogP contribution is -2.27. The molecule has 0 N–H and O–H groups in total. The number of para-hydroxylation sites is 1. The molecular formula is C20H18F3N3O2. The van der Waals surface area contributed by atoms with Gasteiger partial charge in [-0.25, -0.2) is 0 Å². The lowest BCUT2D eigenvalue weighted by Gasteiger charge is -2.18. The summed E-state index contributed by atoms with van der Waals surface area (Å²) >= 11 is 0. The molecule has 1 saturated carbocycles. The molecule has 3 rings (SSSR count). The van der Waals surface area contributed by atoms with Crippen LogP contribution in [0.2, 0.25) is 0 Å². The zero-order valence-electron chi connectivity index (χ0n) is 15.2. The van der Waals surface area contributed by atoms with Gasteiger partial charge in [0.1, 0.15) is 17.4 Å². The van der Waals surface area contributed by atoms with Gasteiger partial charge in [0.15, 0.2) is 0 Å². The number of benzene rings is 1. The molecule has 8 heteroatoms. The number of aromatic nitrogens is 1. The van der Waals surface area contributed by atoms with Crippen LogP contribution in [0.15, 0.2) is 40.2 Å². The number of hydrogen-bond donors (Lipinski definition) is 0. The minimum absolute atomic E-state index is 0.0631. The van der Waals surface area contributed by atoms with Crippen molar-refractivity contribution < 1.29 is 17.9 Å². The third kappa shape index (κ3) is 3.79. The molecule has 28 heavy (non-hydrogen) atoms. The van der Waals surface area contributed by atoms with Crippen LogP contribution in [0.4, 0.5) is 13.2 Å². The van der Waals surface area contributed by atoms with Gasteiger partial charge in [0.2, 0.25) is 0 Å². The van der Waals surface area contributed by atoms with Crippen LogP contribution >= 0.6 is 0 Å². The van der Waals surface area contributed by atoms with Crippen molar-refractivity contribution in [2.45, 2.75) is 38.3 Å². The number of nitriles is 1. The summed E-state index contributed by atoms with van der Waals surface area (Å²) in [5, 5.41) is 13.6. The maximum atomic E-state index is 13.5. The normalized spacial score (nSPS) is 14.5. The fourth-order valence-corrected chi connectivity index (χ4v) is 3.28. The van der Waals surface area contributed by atoms with Crippen molar-refractivity contribution in [2.75, 3.05) is 7.11 Å². The van der Waals surface area contributed by atoms with Crippen LogP contribution in [0.1, 0.15) is 43.2 Å². The van der Waals surface area contributed by atoms with Crippen molar-refractivity contribution in [1.29, 1.82) is 5.26 Å². The minimum Gasteiger partial charge on any atom is -0.496 e. The van der Waals surface area contributed by atoms with Crippen LogP contribution in [0.3, 0.4) is 0 Å². The van der Waals surface area contributed by atoms with Crippen molar-refractivity contribution in [3.05, 3.63) is 51.8 Å². The van der Waals surface area contributed by atoms with E-state index in [0.717, 1.165) is 35.7 Å². The summed E-state index contributed by atoms with van der Waals surface area (Å²) in [6, 6.07) is 8.64. The Labute approximate surface area is 159 Å². The largest absolute Gasteiger partial charge is 0.496 e. The number of alkyl halides is 3. The van der Waals surface area contributed by atoms with Gasteiger partial charge in [0.05, 0.1) is 18.4 Å². The maximum absolute atomic E-state index is 13.5. The summed E-state index contributed by atoms with van der Waals surface area (Å²) in [5.74, 6) is 0.303. The van der Waals surface area contributed by atoms with Gasteiger partial charge in [-0.2, -0.15) is 28.2 Å². The molecule has 1 aromatic heterocycles. The van der Waals surface area contributed by atoms with Gasteiger partial charge >= 0.3 is 6.18 Å². The van der Waals surface area contributed by atoms with Gasteiger partial charge in [-0.05, 0) is 43.9 Å². The molecule has 146 valence electrons. The van der Waals surface area contributed by atoms with Crippen molar-refractivity contribution >= 4 is 5.71 Å². The molecule has 2 aromatic rings. The second-order valence-electron chi connectivity index (χ2n) is 6.47. The summed E-state index contributed by atoms with van der Waals surface area (Å²) < 4.78 is 46.7. The number of halogens is 3. The maximum Gasteiger partial charge on any atom is 0.417 e. The van der Waals surface area contributed by atoms with E-state index >= 15 is 0 Å². The first-order chi connectivity index (χ1) is 13.4. The van der Waals surface area contributed by atoms with Crippen molar-refractivity contribution in [3.8, 4) is 23.1 Å². The molecule has 1 heterocycles. The Kier molecular flexibility index (Phi) is 5.54. The summed E-state index contributed by atoms with van der Waals surface area (Å²) in [5.41, 5.74) is -2.37. The van der Waals surface area contributed by atoms with Crippen molar-refractivity contribution in [3.63, 3.8) is 0 Å². The number of hydrogen-bond acceptors (Lipinski definition) is 4. The second-order valence-corrected chi connectivity index (χ2v) is 6.47. The third-order valence-electron chi connectivity index (χ3n) is 4.66. The summed E-state index contributed by atoms with van der Waals surface area (Å²) in [6.45, 7) is 0. The highest BCUT2D eigenvalue weighted by molar-refractivity contribution is 5.85. The van der Waals surface area contributed by atoms with E-state index in [9.17, 15) is 23.2 Å². The molecule has 0 unspecified atom stereocenters. The molecule has 1 aromatic carbocycles. The fraction of sp³-hybridized carbons (Fsp3) is 0.350. The molecule has 0 amide bonds. The van der Waals surface area contributed by atoms with E-state index in [1.807, 2.05) is 0 Å². The molecule has 0 saturated heterocycles. The van der Waals surface area contributed by atoms with E-state index in [2.05, 4.69) is 5.10 Å². The van der Waals surface area contributed by atoms with Gasteiger partial charge in [0, 0.05) is 11.3 Å². The number of nitrogens with zero attached hydrogens (tertiary/aromatic N) is 3. The molecule has 0 bridgehead atoms. The van der Waals surface area contributed by atoms with Crippen LogP contribution in [-0.2, 0) is 6.18 Å². The Balaban J connectivity index is 2.36. The SMILES string of the molecule is COc1ccccc1-c1cc(C(F)(F)F)c(C#N)c(=O)n1N=C1CCCCC1. The van der Waals surface area contributed by atoms with Crippen molar-refractivity contribution in [2.24, 2.45) is 5.10 Å². The van der Waals surface area contributed by atoms with Gasteiger partial charge in [-0.1, -0.05) is 18.6 Å². The standard InChI is InChI=1S/C20H18F3N3O2/c1-28-18-10-6-5-9-14(18)17-11-16(20(21,22)23)15(12-24)19(27)26(17)25-13-7-3-2-4-8-13/h5-6,9-11H,2-4,7-8H2,1H3. The summed E-state index contributed by atoms with van der Waals surface area (Å²) in [4.78, 5) is 12.8. The van der Waals surface area contributed by atoms with E-state index in [-0.39, 0.29) is 11.3 Å². The lowest BCUT2D eigenvalue weighted by atomic mass is 9.99. The zero-order valence-corrected chi connectivity index (χ0v) is 15.2. The predicted octanol–water partition coefficient (Wildman–Crippen LogP) is 4.58. The molecule has 1 aliphatic rings. The van der Waals surface area contributed by atoms with Gasteiger partial charge in [-0.15, -0.1) is 0 Å². The van der Waals surface area contributed by atoms with Crippen LogP contribution in [0, 0.1) is 11.3 Å². The Morgan fingerprint density at radius 3 is 2.46 bits per heavy atom. The monoisotopic (exact) mass is 389 g/mol. The van der Waals surface area contributed by atoms with E-state index in [4.69, 9.17) is 4.74 Å². The Hall–Kier alpha value is -3.08. The molecule has 0 spiro atoms. The fourth-order valence-electron chi connectivity index (χ4n) is 3.28. The summed E-state index contributed by atoms with van der Waals surface area (Å²) in [7, 11) is 1.39. The highest BCUT2D eigenvalue weighted by Crippen LogP contribution is 2.36. The quantitative estimate of drug-likeness (QED) is 0.772. The first-order valence-electron chi connectivity index (χ1n) is 8.84. The number of pyridine rings is 1. The smallest absolute Gasteiger partial charge is 0.417 e. The number of rotatable bonds is 3. The molecule has 1 fully saturated rings. The average molecular weight is 389 g/mol. The van der Waals surface area contributed by atoms with E-state index in [1.54, 1.807) is 24.3 Å². The van der Waals surface area contributed by atoms with Crippen LogP contribution < -0.4 is 10.3 Å².